The summed E-state index contributed by atoms with van der Waals surface area (Å²) in [5.41, 5.74) is 1.39. The molecule has 0 fully saturated rings. The summed E-state index contributed by atoms with van der Waals surface area (Å²) in [5.74, 6) is -0.548. The number of amides is 1. The lowest BCUT2D eigenvalue weighted by atomic mass is 10.1. The molecule has 3 aromatic rings. The number of hydrogen-bond donors (Lipinski definition) is 0. The maximum atomic E-state index is 13.2. The van der Waals surface area contributed by atoms with Gasteiger partial charge in [0, 0.05) is 18.6 Å². The van der Waals surface area contributed by atoms with E-state index >= 15 is 0 Å². The number of benzene rings is 2. The quantitative estimate of drug-likeness (QED) is 0.628. The average Bonchev–Trinajstić information content (AvgIpc) is 2.73. The van der Waals surface area contributed by atoms with Crippen LogP contribution in [0.1, 0.15) is 34.1 Å². The fraction of sp³-hybridized carbons (Fsp3) is 0.273. The Morgan fingerprint density at radius 1 is 1.10 bits per heavy atom. The Bertz CT molecular complexity index is 1230. The van der Waals surface area contributed by atoms with Gasteiger partial charge in [0.2, 0.25) is 5.69 Å². The van der Waals surface area contributed by atoms with Crippen molar-refractivity contribution in [3.8, 4) is 5.69 Å². The summed E-state index contributed by atoms with van der Waals surface area (Å²) in [6.07, 6.45) is 0. The number of aryl methyl sites for hydroxylation is 2. The van der Waals surface area contributed by atoms with Crippen LogP contribution in [-0.4, -0.2) is 38.7 Å². The van der Waals surface area contributed by atoms with Crippen LogP contribution in [0.4, 0.5) is 0 Å². The number of rotatable bonds is 5. The molecule has 0 aliphatic carbocycles. The summed E-state index contributed by atoms with van der Waals surface area (Å²) >= 11 is 6.23. The van der Waals surface area contributed by atoms with E-state index in [1.165, 1.54) is 4.90 Å². The van der Waals surface area contributed by atoms with Gasteiger partial charge in [0.05, 0.1) is 12.2 Å². The van der Waals surface area contributed by atoms with Crippen LogP contribution in [0, 0.1) is 13.8 Å². The average molecular weight is 427 g/mol. The predicted octanol–water partition coefficient (Wildman–Crippen LogP) is 2.80. The number of carbonyl (C=O) groups excluding carboxylic acids is 1. The summed E-state index contributed by atoms with van der Waals surface area (Å²) in [4.78, 5) is 40.4. The zero-order valence-corrected chi connectivity index (χ0v) is 18.1. The minimum atomic E-state index is -0.745. The number of nitrogens with zero attached hydrogens (tertiary/aromatic N) is 4. The smallest absolute Gasteiger partial charge is 0.340 e. The lowest BCUT2D eigenvalue weighted by molar-refractivity contribution is 0.0791. The Morgan fingerprint density at radius 3 is 2.43 bits per heavy atom. The highest BCUT2D eigenvalue weighted by atomic mass is 35.5. The predicted molar refractivity (Wildman–Crippen MR) is 117 cm³/mol. The highest BCUT2D eigenvalue weighted by Crippen LogP contribution is 2.16. The van der Waals surface area contributed by atoms with E-state index in [0.717, 1.165) is 20.4 Å². The summed E-state index contributed by atoms with van der Waals surface area (Å²) in [6.45, 7) is 5.99. The van der Waals surface area contributed by atoms with E-state index in [2.05, 4.69) is 5.10 Å². The highest BCUT2D eigenvalue weighted by molar-refractivity contribution is 6.31. The van der Waals surface area contributed by atoms with E-state index in [9.17, 15) is 14.4 Å². The second kappa shape index (κ2) is 8.67. The van der Waals surface area contributed by atoms with Gasteiger partial charge in [-0.2, -0.15) is 9.78 Å². The Kier molecular flexibility index (Phi) is 6.22. The Labute approximate surface area is 179 Å². The standard InChI is InChI=1S/C22H23ClN4O3/c1-5-25(4)20(28)19-21(29)26(13-16-8-6-7-9-18(16)23)22(30)27(24-19)17-11-10-14(2)15(3)12-17/h6-12H,5,13H2,1-4H3. The van der Waals surface area contributed by atoms with Crippen LogP contribution >= 0.6 is 11.6 Å². The molecule has 156 valence electrons. The second-order valence-electron chi connectivity index (χ2n) is 7.11. The molecule has 2 aromatic carbocycles. The van der Waals surface area contributed by atoms with Gasteiger partial charge in [-0.1, -0.05) is 35.9 Å². The van der Waals surface area contributed by atoms with Gasteiger partial charge in [-0.25, -0.2) is 4.79 Å². The van der Waals surface area contributed by atoms with Gasteiger partial charge in [0.25, 0.3) is 11.5 Å². The zero-order valence-electron chi connectivity index (χ0n) is 17.3. The fourth-order valence-corrected chi connectivity index (χ4v) is 3.13. The minimum Gasteiger partial charge on any atom is -0.340 e. The van der Waals surface area contributed by atoms with Crippen molar-refractivity contribution in [2.45, 2.75) is 27.3 Å². The van der Waals surface area contributed by atoms with E-state index in [0.29, 0.717) is 22.8 Å². The van der Waals surface area contributed by atoms with Crippen LogP contribution in [0.3, 0.4) is 0 Å². The van der Waals surface area contributed by atoms with Crippen molar-refractivity contribution >= 4 is 17.5 Å². The first-order chi connectivity index (χ1) is 14.2. The molecule has 0 radical (unpaired) electrons. The van der Waals surface area contributed by atoms with Crippen molar-refractivity contribution in [3.63, 3.8) is 0 Å². The molecule has 0 aliphatic rings. The van der Waals surface area contributed by atoms with Crippen molar-refractivity contribution < 1.29 is 4.79 Å². The molecule has 1 aromatic heterocycles. The fourth-order valence-electron chi connectivity index (χ4n) is 2.94. The molecule has 30 heavy (non-hydrogen) atoms. The topological polar surface area (TPSA) is 77.2 Å². The van der Waals surface area contributed by atoms with Crippen LogP contribution in [0.2, 0.25) is 5.02 Å². The summed E-state index contributed by atoms with van der Waals surface area (Å²) < 4.78 is 2.10. The van der Waals surface area contributed by atoms with Crippen LogP contribution in [0.15, 0.2) is 52.1 Å². The van der Waals surface area contributed by atoms with Gasteiger partial charge >= 0.3 is 5.69 Å². The van der Waals surface area contributed by atoms with Gasteiger partial charge in [-0.15, -0.1) is 0 Å². The number of hydrogen-bond acceptors (Lipinski definition) is 4. The lowest BCUT2D eigenvalue weighted by Crippen LogP contribution is -2.46. The van der Waals surface area contributed by atoms with Crippen molar-refractivity contribution in [2.75, 3.05) is 13.6 Å². The van der Waals surface area contributed by atoms with E-state index in [1.54, 1.807) is 50.4 Å². The van der Waals surface area contributed by atoms with Crippen molar-refractivity contribution in [1.29, 1.82) is 0 Å². The van der Waals surface area contributed by atoms with Crippen LogP contribution in [-0.2, 0) is 6.54 Å². The van der Waals surface area contributed by atoms with Crippen LogP contribution in [0.25, 0.3) is 5.69 Å². The summed E-state index contributed by atoms with van der Waals surface area (Å²) in [7, 11) is 1.58. The zero-order chi connectivity index (χ0) is 22.0. The van der Waals surface area contributed by atoms with Crippen LogP contribution < -0.4 is 11.2 Å². The first-order valence-corrected chi connectivity index (χ1v) is 9.93. The molecule has 8 heteroatoms. The molecular formula is C22H23ClN4O3. The van der Waals surface area contributed by atoms with Gasteiger partial charge < -0.3 is 4.90 Å². The second-order valence-corrected chi connectivity index (χ2v) is 7.52. The molecule has 1 heterocycles. The van der Waals surface area contributed by atoms with Gasteiger partial charge in [-0.3, -0.25) is 14.2 Å². The number of carbonyl (C=O) groups is 1. The highest BCUT2D eigenvalue weighted by Gasteiger charge is 2.23. The molecule has 0 saturated carbocycles. The van der Waals surface area contributed by atoms with E-state index in [1.807, 2.05) is 19.9 Å². The van der Waals surface area contributed by atoms with Crippen molar-refractivity contribution in [2.24, 2.45) is 0 Å². The van der Waals surface area contributed by atoms with Gasteiger partial charge in [0.15, 0.2) is 0 Å². The molecular weight excluding hydrogens is 404 g/mol. The maximum Gasteiger partial charge on any atom is 0.352 e. The third-order valence-electron chi connectivity index (χ3n) is 5.10. The van der Waals surface area contributed by atoms with Crippen molar-refractivity contribution in [1.82, 2.24) is 19.2 Å². The third kappa shape index (κ3) is 4.07. The largest absolute Gasteiger partial charge is 0.352 e. The minimum absolute atomic E-state index is 0.0686. The lowest BCUT2D eigenvalue weighted by Gasteiger charge is -2.16. The molecule has 0 aliphatic heterocycles. The van der Waals surface area contributed by atoms with Crippen molar-refractivity contribution in [3.05, 3.63) is 90.7 Å². The Morgan fingerprint density at radius 2 is 1.80 bits per heavy atom. The molecule has 0 unspecified atom stereocenters. The summed E-state index contributed by atoms with van der Waals surface area (Å²) in [6, 6.07) is 12.3. The Balaban J connectivity index is 2.28. The number of aromatic nitrogens is 3. The van der Waals surface area contributed by atoms with Gasteiger partial charge in [-0.05, 0) is 55.7 Å². The molecule has 0 spiro atoms. The third-order valence-corrected chi connectivity index (χ3v) is 5.47. The maximum absolute atomic E-state index is 13.2. The van der Waals surface area contributed by atoms with E-state index in [4.69, 9.17) is 11.6 Å². The van der Waals surface area contributed by atoms with Crippen LogP contribution in [0.5, 0.6) is 0 Å². The van der Waals surface area contributed by atoms with E-state index in [-0.39, 0.29) is 12.2 Å². The molecule has 0 saturated heterocycles. The SMILES string of the molecule is CCN(C)C(=O)c1nn(-c2ccc(C)c(C)c2)c(=O)n(Cc2ccccc2Cl)c1=O. The summed E-state index contributed by atoms with van der Waals surface area (Å²) in [5, 5.41) is 4.58. The number of halogens is 1. The molecule has 0 bridgehead atoms. The van der Waals surface area contributed by atoms with Gasteiger partial charge in [0.1, 0.15) is 0 Å². The molecule has 0 atom stereocenters. The molecule has 0 N–H and O–H groups in total. The normalized spacial score (nSPS) is 10.8. The van der Waals surface area contributed by atoms with E-state index < -0.39 is 17.2 Å². The Hall–Kier alpha value is -3.19. The molecule has 3 rings (SSSR count). The first-order valence-electron chi connectivity index (χ1n) is 9.55. The molecule has 7 nitrogen and oxygen atoms in total. The first kappa shape index (κ1) is 21.5. The molecule has 1 amide bonds. The monoisotopic (exact) mass is 426 g/mol.